The molecule has 0 unspecified atom stereocenters. The lowest BCUT2D eigenvalue weighted by Gasteiger charge is -2.35. The first-order valence-electron chi connectivity index (χ1n) is 6.56. The average Bonchev–Trinajstić information content (AvgIpc) is 2.31. The number of halogens is 3. The third kappa shape index (κ3) is 3.85. The zero-order valence-corrected chi connectivity index (χ0v) is 11.2. The van der Waals surface area contributed by atoms with Crippen LogP contribution < -0.4 is 5.32 Å². The van der Waals surface area contributed by atoms with Gasteiger partial charge in [0.2, 0.25) is 0 Å². The minimum atomic E-state index is -4.37. The summed E-state index contributed by atoms with van der Waals surface area (Å²) in [5.74, 6) is 0. The summed E-state index contributed by atoms with van der Waals surface area (Å²) in [6, 6.07) is 2.82. The van der Waals surface area contributed by atoms with Crippen LogP contribution in [0.5, 0.6) is 0 Å². The zero-order chi connectivity index (χ0) is 14.1. The third-order valence-electron chi connectivity index (χ3n) is 3.76. The number of aromatic nitrogens is 1. The molecule has 0 saturated heterocycles. The molecule has 0 radical (unpaired) electrons. The van der Waals surface area contributed by atoms with Gasteiger partial charge in [0.05, 0.1) is 11.9 Å². The van der Waals surface area contributed by atoms with Crippen LogP contribution in [0, 0.1) is 5.41 Å². The smallest absolute Gasteiger partial charge is 0.381 e. The molecule has 0 atom stereocenters. The zero-order valence-electron chi connectivity index (χ0n) is 11.2. The average molecular weight is 272 g/mol. The minimum absolute atomic E-state index is 0.339. The van der Waals surface area contributed by atoms with Gasteiger partial charge in [-0.25, -0.2) is 4.98 Å². The van der Waals surface area contributed by atoms with Crippen molar-refractivity contribution < 1.29 is 13.2 Å². The van der Waals surface area contributed by atoms with Gasteiger partial charge >= 0.3 is 6.18 Å². The molecule has 1 aromatic rings. The lowest BCUT2D eigenvalue weighted by Crippen LogP contribution is -2.29. The van der Waals surface area contributed by atoms with Crippen molar-refractivity contribution in [1.29, 1.82) is 0 Å². The first-order valence-corrected chi connectivity index (χ1v) is 6.56. The summed E-state index contributed by atoms with van der Waals surface area (Å²) in [6.07, 6.45) is 1.27. The van der Waals surface area contributed by atoms with Crippen LogP contribution in [0.4, 0.5) is 18.9 Å². The standard InChI is InChI=1S/C14H19F3N2/c1-13(2)7-5-10(6-8-13)19-11-3-4-12(18-9-11)14(15,16)17/h3-4,9-10,19H,5-8H2,1-2H3. The summed E-state index contributed by atoms with van der Waals surface area (Å²) in [7, 11) is 0. The summed E-state index contributed by atoms with van der Waals surface area (Å²) in [5, 5.41) is 3.27. The van der Waals surface area contributed by atoms with Crippen LogP contribution >= 0.6 is 0 Å². The Morgan fingerprint density at radius 2 is 1.84 bits per heavy atom. The molecule has 1 aromatic heterocycles. The molecule has 1 aliphatic carbocycles. The van der Waals surface area contributed by atoms with E-state index in [1.165, 1.54) is 12.3 Å². The van der Waals surface area contributed by atoms with Crippen LogP contribution in [0.25, 0.3) is 0 Å². The molecule has 106 valence electrons. The Morgan fingerprint density at radius 1 is 1.21 bits per heavy atom. The van der Waals surface area contributed by atoms with Crippen LogP contribution in [0.15, 0.2) is 18.3 Å². The van der Waals surface area contributed by atoms with Gasteiger partial charge < -0.3 is 5.32 Å². The molecule has 1 fully saturated rings. The molecule has 1 aliphatic rings. The molecule has 2 rings (SSSR count). The van der Waals surface area contributed by atoms with Crippen molar-refractivity contribution in [2.24, 2.45) is 5.41 Å². The molecule has 1 N–H and O–H groups in total. The SMILES string of the molecule is CC1(C)CCC(Nc2ccc(C(F)(F)F)nc2)CC1. The molecular formula is C14H19F3N2. The number of nitrogens with zero attached hydrogens (tertiary/aromatic N) is 1. The Balaban J connectivity index is 1.94. The van der Waals surface area contributed by atoms with Gasteiger partial charge in [0.25, 0.3) is 0 Å². The van der Waals surface area contributed by atoms with Gasteiger partial charge in [0, 0.05) is 6.04 Å². The molecule has 0 amide bonds. The van der Waals surface area contributed by atoms with Crippen LogP contribution in [0.2, 0.25) is 0 Å². The lowest BCUT2D eigenvalue weighted by atomic mass is 9.75. The van der Waals surface area contributed by atoms with E-state index in [1.54, 1.807) is 0 Å². The minimum Gasteiger partial charge on any atom is -0.381 e. The number of hydrogen-bond acceptors (Lipinski definition) is 2. The van der Waals surface area contributed by atoms with E-state index in [-0.39, 0.29) is 0 Å². The molecule has 1 saturated carbocycles. The van der Waals surface area contributed by atoms with Gasteiger partial charge in [-0.1, -0.05) is 13.8 Å². The highest BCUT2D eigenvalue weighted by Crippen LogP contribution is 2.36. The van der Waals surface area contributed by atoms with E-state index < -0.39 is 11.9 Å². The highest BCUT2D eigenvalue weighted by Gasteiger charge is 2.32. The van der Waals surface area contributed by atoms with Crippen LogP contribution in [-0.2, 0) is 6.18 Å². The second-order valence-electron chi connectivity index (χ2n) is 6.01. The van der Waals surface area contributed by atoms with Crippen molar-refractivity contribution in [3.63, 3.8) is 0 Å². The molecule has 0 spiro atoms. The van der Waals surface area contributed by atoms with E-state index in [0.29, 0.717) is 17.1 Å². The van der Waals surface area contributed by atoms with Gasteiger partial charge in [-0.2, -0.15) is 13.2 Å². The summed E-state index contributed by atoms with van der Waals surface area (Å²) in [4.78, 5) is 3.46. The first-order chi connectivity index (χ1) is 8.76. The lowest BCUT2D eigenvalue weighted by molar-refractivity contribution is -0.141. The van der Waals surface area contributed by atoms with E-state index in [9.17, 15) is 13.2 Å². The summed E-state index contributed by atoms with van der Waals surface area (Å²) >= 11 is 0. The van der Waals surface area contributed by atoms with E-state index >= 15 is 0 Å². The first kappa shape index (κ1) is 14.2. The fraction of sp³-hybridized carbons (Fsp3) is 0.643. The second-order valence-corrected chi connectivity index (χ2v) is 6.01. The van der Waals surface area contributed by atoms with Gasteiger partial charge in [0.15, 0.2) is 0 Å². The Hall–Kier alpha value is -1.26. The third-order valence-corrected chi connectivity index (χ3v) is 3.76. The molecular weight excluding hydrogens is 253 g/mol. The van der Waals surface area contributed by atoms with Crippen molar-refractivity contribution in [2.45, 2.75) is 51.7 Å². The van der Waals surface area contributed by atoms with Crippen LogP contribution in [-0.4, -0.2) is 11.0 Å². The van der Waals surface area contributed by atoms with Crippen molar-refractivity contribution >= 4 is 5.69 Å². The van der Waals surface area contributed by atoms with E-state index in [2.05, 4.69) is 24.1 Å². The predicted octanol–water partition coefficient (Wildman–Crippen LogP) is 4.48. The maximum atomic E-state index is 12.4. The Morgan fingerprint density at radius 3 is 2.32 bits per heavy atom. The Bertz CT molecular complexity index is 413. The second kappa shape index (κ2) is 5.02. The molecule has 19 heavy (non-hydrogen) atoms. The Kier molecular flexibility index (Phi) is 3.74. The molecule has 1 heterocycles. The van der Waals surface area contributed by atoms with E-state index in [0.717, 1.165) is 31.7 Å². The van der Waals surface area contributed by atoms with E-state index in [1.807, 2.05) is 0 Å². The quantitative estimate of drug-likeness (QED) is 0.858. The molecule has 5 heteroatoms. The number of nitrogens with one attached hydrogen (secondary N) is 1. The van der Waals surface area contributed by atoms with Crippen molar-refractivity contribution in [1.82, 2.24) is 4.98 Å². The molecule has 0 aliphatic heterocycles. The van der Waals surface area contributed by atoms with Gasteiger partial charge in [-0.3, -0.25) is 0 Å². The van der Waals surface area contributed by atoms with Crippen molar-refractivity contribution in [3.8, 4) is 0 Å². The highest BCUT2D eigenvalue weighted by atomic mass is 19.4. The van der Waals surface area contributed by atoms with Crippen molar-refractivity contribution in [3.05, 3.63) is 24.0 Å². The summed E-state index contributed by atoms with van der Waals surface area (Å²) < 4.78 is 37.1. The van der Waals surface area contributed by atoms with Crippen LogP contribution in [0.3, 0.4) is 0 Å². The maximum Gasteiger partial charge on any atom is 0.433 e. The highest BCUT2D eigenvalue weighted by molar-refractivity contribution is 5.42. The topological polar surface area (TPSA) is 24.9 Å². The number of anilines is 1. The number of pyridine rings is 1. The van der Waals surface area contributed by atoms with Crippen LogP contribution in [0.1, 0.15) is 45.2 Å². The van der Waals surface area contributed by atoms with E-state index in [4.69, 9.17) is 0 Å². The summed E-state index contributed by atoms with van der Waals surface area (Å²) in [5.41, 5.74) is 0.205. The monoisotopic (exact) mass is 272 g/mol. The van der Waals surface area contributed by atoms with Gasteiger partial charge in [0.1, 0.15) is 5.69 Å². The van der Waals surface area contributed by atoms with Crippen molar-refractivity contribution in [2.75, 3.05) is 5.32 Å². The fourth-order valence-electron chi connectivity index (χ4n) is 2.43. The number of alkyl halides is 3. The molecule has 0 aromatic carbocycles. The number of hydrogen-bond donors (Lipinski definition) is 1. The normalized spacial score (nSPS) is 20.3. The molecule has 0 bridgehead atoms. The summed E-state index contributed by atoms with van der Waals surface area (Å²) in [6.45, 7) is 4.51. The predicted molar refractivity (Wildman–Crippen MR) is 68.9 cm³/mol. The van der Waals surface area contributed by atoms with Gasteiger partial charge in [-0.15, -0.1) is 0 Å². The fourth-order valence-corrected chi connectivity index (χ4v) is 2.43. The Labute approximate surface area is 111 Å². The van der Waals surface area contributed by atoms with Gasteiger partial charge in [-0.05, 0) is 43.2 Å². The molecule has 2 nitrogen and oxygen atoms in total. The number of rotatable bonds is 2. The largest absolute Gasteiger partial charge is 0.433 e. The maximum absolute atomic E-state index is 12.4.